The van der Waals surface area contributed by atoms with Crippen LogP contribution in [0, 0.1) is 6.92 Å². The SMILES string of the molecule is CCNc1nc(-c2ccc(OC)c(C)c2)ncc1Br. The van der Waals surface area contributed by atoms with Gasteiger partial charge in [-0.3, -0.25) is 0 Å². The molecule has 1 aromatic carbocycles. The van der Waals surface area contributed by atoms with Gasteiger partial charge in [0.05, 0.1) is 11.6 Å². The molecule has 0 spiro atoms. The third-order valence-corrected chi connectivity index (χ3v) is 3.32. The Bertz CT molecular complexity index is 587. The summed E-state index contributed by atoms with van der Waals surface area (Å²) in [5, 5.41) is 3.20. The molecule has 0 atom stereocenters. The summed E-state index contributed by atoms with van der Waals surface area (Å²) in [6.07, 6.45) is 1.76. The van der Waals surface area contributed by atoms with E-state index >= 15 is 0 Å². The van der Waals surface area contributed by atoms with Gasteiger partial charge in [0.15, 0.2) is 5.82 Å². The van der Waals surface area contributed by atoms with Crippen molar-refractivity contribution in [3.05, 3.63) is 34.4 Å². The molecular formula is C14H16BrN3O. The van der Waals surface area contributed by atoms with Crippen molar-refractivity contribution < 1.29 is 4.74 Å². The molecule has 1 N–H and O–H groups in total. The summed E-state index contributed by atoms with van der Waals surface area (Å²) < 4.78 is 6.12. The fraction of sp³-hybridized carbons (Fsp3) is 0.286. The van der Waals surface area contributed by atoms with Crippen LogP contribution in [0.2, 0.25) is 0 Å². The van der Waals surface area contributed by atoms with E-state index in [1.54, 1.807) is 13.3 Å². The highest BCUT2D eigenvalue weighted by Gasteiger charge is 2.08. The Hall–Kier alpha value is -1.62. The Kier molecular flexibility index (Phi) is 4.37. The molecule has 0 saturated carbocycles. The average molecular weight is 322 g/mol. The quantitative estimate of drug-likeness (QED) is 0.933. The van der Waals surface area contributed by atoms with E-state index in [1.165, 1.54) is 0 Å². The molecule has 2 rings (SSSR count). The van der Waals surface area contributed by atoms with Gasteiger partial charge in [-0.1, -0.05) is 0 Å². The third-order valence-electron chi connectivity index (χ3n) is 2.74. The maximum atomic E-state index is 5.26. The van der Waals surface area contributed by atoms with E-state index in [4.69, 9.17) is 4.74 Å². The van der Waals surface area contributed by atoms with Crippen molar-refractivity contribution in [2.45, 2.75) is 13.8 Å². The lowest BCUT2D eigenvalue weighted by molar-refractivity contribution is 0.412. The Morgan fingerprint density at radius 2 is 2.16 bits per heavy atom. The lowest BCUT2D eigenvalue weighted by Gasteiger charge is -2.09. The number of ether oxygens (including phenoxy) is 1. The molecule has 4 nitrogen and oxygen atoms in total. The lowest BCUT2D eigenvalue weighted by atomic mass is 10.1. The fourth-order valence-electron chi connectivity index (χ4n) is 1.82. The molecular weight excluding hydrogens is 306 g/mol. The molecule has 2 aromatic rings. The number of methoxy groups -OCH3 is 1. The summed E-state index contributed by atoms with van der Waals surface area (Å²) in [7, 11) is 1.67. The monoisotopic (exact) mass is 321 g/mol. The molecule has 5 heteroatoms. The molecule has 1 heterocycles. The Morgan fingerprint density at radius 1 is 1.37 bits per heavy atom. The number of nitrogens with zero attached hydrogens (tertiary/aromatic N) is 2. The van der Waals surface area contributed by atoms with Gasteiger partial charge in [-0.25, -0.2) is 9.97 Å². The summed E-state index contributed by atoms with van der Waals surface area (Å²) in [5.41, 5.74) is 2.04. The maximum absolute atomic E-state index is 5.26. The third kappa shape index (κ3) is 3.04. The number of halogens is 1. The van der Waals surface area contributed by atoms with Gasteiger partial charge < -0.3 is 10.1 Å². The van der Waals surface area contributed by atoms with Crippen molar-refractivity contribution in [3.8, 4) is 17.1 Å². The Morgan fingerprint density at radius 3 is 2.79 bits per heavy atom. The number of nitrogens with one attached hydrogen (secondary N) is 1. The van der Waals surface area contributed by atoms with Crippen LogP contribution in [0.1, 0.15) is 12.5 Å². The molecule has 0 bridgehead atoms. The van der Waals surface area contributed by atoms with Gasteiger partial charge in [0.2, 0.25) is 0 Å². The smallest absolute Gasteiger partial charge is 0.161 e. The number of aryl methyl sites for hydroxylation is 1. The molecule has 100 valence electrons. The lowest BCUT2D eigenvalue weighted by Crippen LogP contribution is -2.02. The fourth-order valence-corrected chi connectivity index (χ4v) is 2.15. The van der Waals surface area contributed by atoms with Crippen molar-refractivity contribution in [3.63, 3.8) is 0 Å². The summed E-state index contributed by atoms with van der Waals surface area (Å²) in [6.45, 7) is 4.86. The number of aromatic nitrogens is 2. The topological polar surface area (TPSA) is 47.0 Å². The first kappa shape index (κ1) is 13.8. The van der Waals surface area contributed by atoms with Crippen molar-refractivity contribution in [1.29, 1.82) is 0 Å². The van der Waals surface area contributed by atoms with E-state index in [1.807, 2.05) is 32.0 Å². The highest BCUT2D eigenvalue weighted by Crippen LogP contribution is 2.26. The van der Waals surface area contributed by atoms with Gasteiger partial charge in [0.25, 0.3) is 0 Å². The average Bonchev–Trinajstić information content (AvgIpc) is 2.41. The number of hydrogen-bond donors (Lipinski definition) is 1. The molecule has 0 amide bonds. The molecule has 0 aliphatic carbocycles. The molecule has 0 aliphatic heterocycles. The van der Waals surface area contributed by atoms with Crippen molar-refractivity contribution in [2.24, 2.45) is 0 Å². The van der Waals surface area contributed by atoms with Crippen molar-refractivity contribution in [1.82, 2.24) is 9.97 Å². The number of benzene rings is 1. The maximum Gasteiger partial charge on any atom is 0.161 e. The minimum atomic E-state index is 0.699. The zero-order valence-corrected chi connectivity index (χ0v) is 12.8. The zero-order valence-electron chi connectivity index (χ0n) is 11.2. The van der Waals surface area contributed by atoms with Crippen LogP contribution in [0.3, 0.4) is 0 Å². The van der Waals surface area contributed by atoms with Crippen LogP contribution < -0.4 is 10.1 Å². The van der Waals surface area contributed by atoms with E-state index in [2.05, 4.69) is 31.2 Å². The van der Waals surface area contributed by atoms with Gasteiger partial charge in [-0.2, -0.15) is 0 Å². The van der Waals surface area contributed by atoms with Gasteiger partial charge >= 0.3 is 0 Å². The molecule has 0 radical (unpaired) electrons. The molecule has 0 saturated heterocycles. The number of anilines is 1. The molecule has 1 aromatic heterocycles. The second kappa shape index (κ2) is 6.02. The van der Waals surface area contributed by atoms with Crippen LogP contribution in [0.15, 0.2) is 28.9 Å². The molecule has 19 heavy (non-hydrogen) atoms. The standard InChI is InChI=1S/C14H16BrN3O/c1-4-16-14-11(15)8-17-13(18-14)10-5-6-12(19-3)9(2)7-10/h5-8H,4H2,1-3H3,(H,16,17,18). The molecule has 0 aliphatic rings. The number of hydrogen-bond acceptors (Lipinski definition) is 4. The summed E-state index contributed by atoms with van der Waals surface area (Å²) >= 11 is 3.43. The highest BCUT2D eigenvalue weighted by atomic mass is 79.9. The first-order chi connectivity index (χ1) is 9.15. The largest absolute Gasteiger partial charge is 0.496 e. The van der Waals surface area contributed by atoms with Gasteiger partial charge in [-0.05, 0) is 53.5 Å². The van der Waals surface area contributed by atoms with E-state index in [-0.39, 0.29) is 0 Å². The predicted molar refractivity (Wildman–Crippen MR) is 80.6 cm³/mol. The Labute approximate surface area is 121 Å². The predicted octanol–water partition coefficient (Wildman–Crippen LogP) is 3.65. The van der Waals surface area contributed by atoms with E-state index in [0.29, 0.717) is 5.82 Å². The first-order valence-electron chi connectivity index (χ1n) is 6.07. The van der Waals surface area contributed by atoms with E-state index < -0.39 is 0 Å². The summed E-state index contributed by atoms with van der Waals surface area (Å²) in [5.74, 6) is 2.37. The van der Waals surface area contributed by atoms with Gasteiger partial charge in [0, 0.05) is 18.3 Å². The van der Waals surface area contributed by atoms with Crippen LogP contribution in [-0.4, -0.2) is 23.6 Å². The second-order valence-corrected chi connectivity index (χ2v) is 4.96. The second-order valence-electron chi connectivity index (χ2n) is 4.10. The van der Waals surface area contributed by atoms with Crippen LogP contribution >= 0.6 is 15.9 Å². The van der Waals surface area contributed by atoms with Crippen molar-refractivity contribution in [2.75, 3.05) is 19.0 Å². The summed E-state index contributed by atoms with van der Waals surface area (Å²) in [4.78, 5) is 8.87. The highest BCUT2D eigenvalue weighted by molar-refractivity contribution is 9.10. The Balaban J connectivity index is 2.41. The van der Waals surface area contributed by atoms with Crippen LogP contribution in [0.4, 0.5) is 5.82 Å². The van der Waals surface area contributed by atoms with E-state index in [9.17, 15) is 0 Å². The molecule has 0 fully saturated rings. The van der Waals surface area contributed by atoms with Gasteiger partial charge in [0.1, 0.15) is 11.6 Å². The van der Waals surface area contributed by atoms with Crippen LogP contribution in [-0.2, 0) is 0 Å². The molecule has 0 unspecified atom stereocenters. The summed E-state index contributed by atoms with van der Waals surface area (Å²) in [6, 6.07) is 5.92. The minimum Gasteiger partial charge on any atom is -0.496 e. The van der Waals surface area contributed by atoms with Crippen LogP contribution in [0.25, 0.3) is 11.4 Å². The number of rotatable bonds is 4. The van der Waals surface area contributed by atoms with Crippen molar-refractivity contribution >= 4 is 21.7 Å². The van der Waals surface area contributed by atoms with Crippen LogP contribution in [0.5, 0.6) is 5.75 Å². The first-order valence-corrected chi connectivity index (χ1v) is 6.86. The van der Waals surface area contributed by atoms with Gasteiger partial charge in [-0.15, -0.1) is 0 Å². The normalized spacial score (nSPS) is 10.3. The minimum absolute atomic E-state index is 0.699. The zero-order chi connectivity index (χ0) is 13.8. The van der Waals surface area contributed by atoms with E-state index in [0.717, 1.165) is 33.7 Å².